The number of benzene rings is 1. The average Bonchev–Trinajstić information content (AvgIpc) is 2.71. The van der Waals surface area contributed by atoms with Crippen molar-refractivity contribution in [3.05, 3.63) is 41.0 Å². The monoisotopic (exact) mass is 402 g/mol. The Morgan fingerprint density at radius 1 is 1.21 bits per heavy atom. The van der Waals surface area contributed by atoms with Crippen molar-refractivity contribution >= 4 is 40.9 Å². The van der Waals surface area contributed by atoms with Crippen LogP contribution < -0.4 is 15.5 Å². The van der Waals surface area contributed by atoms with E-state index in [0.717, 1.165) is 54.7 Å². The van der Waals surface area contributed by atoms with Crippen molar-refractivity contribution < 1.29 is 9.53 Å². The maximum Gasteiger partial charge on any atom is 0.214 e. The van der Waals surface area contributed by atoms with E-state index >= 15 is 0 Å². The van der Waals surface area contributed by atoms with Gasteiger partial charge in [-0.05, 0) is 56.4 Å². The second kappa shape index (κ2) is 9.26. The zero-order valence-corrected chi connectivity index (χ0v) is 17.3. The van der Waals surface area contributed by atoms with Crippen LogP contribution in [0.2, 0.25) is 5.02 Å². The van der Waals surface area contributed by atoms with Crippen molar-refractivity contribution in [2.75, 3.05) is 29.7 Å². The van der Waals surface area contributed by atoms with Crippen LogP contribution in [0, 0.1) is 6.92 Å². The standard InChI is InChI=1S/C21H27ClN4O2/c1-14-10-15(22)4-9-18(14)25-21-11-20(19(23-2)12-24-21)26(13-27)16-5-7-17(28-3)8-6-16/h4,9-13,16-17,23H,5-8H2,1-3H3,(H,24,25). The summed E-state index contributed by atoms with van der Waals surface area (Å²) in [5.74, 6) is 0.678. The Morgan fingerprint density at radius 3 is 2.57 bits per heavy atom. The molecule has 1 saturated carbocycles. The molecule has 150 valence electrons. The predicted octanol–water partition coefficient (Wildman–Crippen LogP) is 4.75. The highest BCUT2D eigenvalue weighted by Crippen LogP contribution is 2.34. The van der Waals surface area contributed by atoms with E-state index in [0.29, 0.717) is 10.8 Å². The molecule has 28 heavy (non-hydrogen) atoms. The predicted molar refractivity (Wildman–Crippen MR) is 115 cm³/mol. The summed E-state index contributed by atoms with van der Waals surface area (Å²) in [5, 5.41) is 7.17. The largest absolute Gasteiger partial charge is 0.385 e. The van der Waals surface area contributed by atoms with Gasteiger partial charge in [0.1, 0.15) is 5.82 Å². The SMILES string of the molecule is CNc1cnc(Nc2ccc(Cl)cc2C)cc1N(C=O)C1CCC(OC)CC1. The van der Waals surface area contributed by atoms with E-state index in [1.165, 1.54) is 0 Å². The Morgan fingerprint density at radius 2 is 1.96 bits per heavy atom. The molecule has 7 heteroatoms. The van der Waals surface area contributed by atoms with Crippen molar-refractivity contribution in [3.8, 4) is 0 Å². The molecular formula is C21H27ClN4O2. The summed E-state index contributed by atoms with van der Waals surface area (Å²) < 4.78 is 5.46. The van der Waals surface area contributed by atoms with Gasteiger partial charge in [0, 0.05) is 37.0 Å². The number of nitrogens with zero attached hydrogens (tertiary/aromatic N) is 2. The summed E-state index contributed by atoms with van der Waals surface area (Å²) in [5.41, 5.74) is 3.60. The van der Waals surface area contributed by atoms with E-state index in [9.17, 15) is 4.79 Å². The van der Waals surface area contributed by atoms with Crippen molar-refractivity contribution in [2.45, 2.75) is 44.8 Å². The fourth-order valence-electron chi connectivity index (χ4n) is 3.72. The van der Waals surface area contributed by atoms with Crippen molar-refractivity contribution in [1.29, 1.82) is 0 Å². The summed E-state index contributed by atoms with van der Waals surface area (Å²) in [4.78, 5) is 18.3. The second-order valence-electron chi connectivity index (χ2n) is 7.10. The Kier molecular flexibility index (Phi) is 6.75. The molecule has 0 radical (unpaired) electrons. The van der Waals surface area contributed by atoms with Crippen LogP contribution in [0.1, 0.15) is 31.2 Å². The van der Waals surface area contributed by atoms with E-state index in [4.69, 9.17) is 16.3 Å². The van der Waals surface area contributed by atoms with Gasteiger partial charge in [0.2, 0.25) is 6.41 Å². The number of ether oxygens (including phenoxy) is 1. The van der Waals surface area contributed by atoms with Crippen LogP contribution in [0.25, 0.3) is 0 Å². The Balaban J connectivity index is 1.86. The smallest absolute Gasteiger partial charge is 0.214 e. The van der Waals surface area contributed by atoms with Crippen LogP contribution in [-0.2, 0) is 9.53 Å². The number of aromatic nitrogens is 1. The molecule has 6 nitrogen and oxygen atoms in total. The van der Waals surface area contributed by atoms with Gasteiger partial charge in [0.25, 0.3) is 0 Å². The number of anilines is 4. The molecule has 1 aliphatic rings. The molecule has 0 saturated heterocycles. The molecule has 1 aliphatic carbocycles. The highest BCUT2D eigenvalue weighted by atomic mass is 35.5. The highest BCUT2D eigenvalue weighted by molar-refractivity contribution is 6.30. The first-order valence-corrected chi connectivity index (χ1v) is 9.91. The third-order valence-corrected chi connectivity index (χ3v) is 5.60. The molecular weight excluding hydrogens is 376 g/mol. The highest BCUT2D eigenvalue weighted by Gasteiger charge is 2.27. The van der Waals surface area contributed by atoms with E-state index < -0.39 is 0 Å². The fourth-order valence-corrected chi connectivity index (χ4v) is 3.95. The first kappa shape index (κ1) is 20.4. The average molecular weight is 403 g/mol. The lowest BCUT2D eigenvalue weighted by Crippen LogP contribution is -2.39. The lowest BCUT2D eigenvalue weighted by Gasteiger charge is -2.35. The molecule has 0 spiro atoms. The quantitative estimate of drug-likeness (QED) is 0.654. The zero-order chi connectivity index (χ0) is 20.1. The Bertz CT molecular complexity index is 822. The van der Waals surface area contributed by atoms with Crippen LogP contribution in [-0.4, -0.2) is 37.7 Å². The number of aryl methyl sites for hydroxylation is 1. The summed E-state index contributed by atoms with van der Waals surface area (Å²) >= 11 is 6.05. The molecule has 0 bridgehead atoms. The number of hydrogen-bond acceptors (Lipinski definition) is 5. The Hall–Kier alpha value is -2.31. The number of pyridine rings is 1. The minimum atomic E-state index is 0.156. The maximum absolute atomic E-state index is 12.0. The summed E-state index contributed by atoms with van der Waals surface area (Å²) in [6, 6.07) is 7.74. The molecule has 1 amide bonds. The zero-order valence-electron chi connectivity index (χ0n) is 16.5. The van der Waals surface area contributed by atoms with Crippen LogP contribution in [0.5, 0.6) is 0 Å². The summed E-state index contributed by atoms with van der Waals surface area (Å²) in [6.07, 6.45) is 6.71. The molecule has 0 unspecified atom stereocenters. The third-order valence-electron chi connectivity index (χ3n) is 5.36. The van der Waals surface area contributed by atoms with Gasteiger partial charge in [0.15, 0.2) is 0 Å². The molecule has 1 fully saturated rings. The van der Waals surface area contributed by atoms with Crippen molar-refractivity contribution in [3.63, 3.8) is 0 Å². The van der Waals surface area contributed by atoms with Crippen LogP contribution in [0.15, 0.2) is 30.5 Å². The van der Waals surface area contributed by atoms with Crippen molar-refractivity contribution in [1.82, 2.24) is 4.98 Å². The van der Waals surface area contributed by atoms with Gasteiger partial charge in [-0.3, -0.25) is 4.79 Å². The second-order valence-corrected chi connectivity index (χ2v) is 7.54. The first-order valence-electron chi connectivity index (χ1n) is 9.53. The molecule has 0 atom stereocenters. The number of carbonyl (C=O) groups excluding carboxylic acids is 1. The van der Waals surface area contributed by atoms with Crippen LogP contribution in [0.3, 0.4) is 0 Å². The van der Waals surface area contributed by atoms with Gasteiger partial charge in [0.05, 0.1) is 23.7 Å². The lowest BCUT2D eigenvalue weighted by molar-refractivity contribution is -0.108. The van der Waals surface area contributed by atoms with Gasteiger partial charge in [-0.1, -0.05) is 11.6 Å². The minimum absolute atomic E-state index is 0.156. The number of hydrogen-bond donors (Lipinski definition) is 2. The molecule has 1 aromatic carbocycles. The maximum atomic E-state index is 12.0. The number of carbonyl (C=O) groups is 1. The molecule has 1 aromatic heterocycles. The van der Waals surface area contributed by atoms with Gasteiger partial charge >= 0.3 is 0 Å². The summed E-state index contributed by atoms with van der Waals surface area (Å²) in [7, 11) is 3.59. The normalized spacial score (nSPS) is 19.1. The van der Waals surface area contributed by atoms with E-state index in [2.05, 4.69) is 15.6 Å². The number of methoxy groups -OCH3 is 1. The molecule has 2 aromatic rings. The summed E-state index contributed by atoms with van der Waals surface area (Å²) in [6.45, 7) is 1.99. The van der Waals surface area contributed by atoms with Gasteiger partial charge in [-0.15, -0.1) is 0 Å². The molecule has 0 aliphatic heterocycles. The van der Waals surface area contributed by atoms with Crippen LogP contribution >= 0.6 is 11.6 Å². The van der Waals surface area contributed by atoms with Gasteiger partial charge in [-0.25, -0.2) is 4.98 Å². The Labute approximate surface area is 171 Å². The third kappa shape index (κ3) is 4.56. The van der Waals surface area contributed by atoms with E-state index in [1.54, 1.807) is 13.3 Å². The minimum Gasteiger partial charge on any atom is -0.385 e. The van der Waals surface area contributed by atoms with Crippen molar-refractivity contribution in [2.24, 2.45) is 0 Å². The molecule has 3 rings (SSSR count). The van der Waals surface area contributed by atoms with E-state index in [1.807, 2.05) is 43.1 Å². The van der Waals surface area contributed by atoms with Gasteiger partial charge in [-0.2, -0.15) is 0 Å². The number of rotatable bonds is 7. The lowest BCUT2D eigenvalue weighted by atomic mass is 9.91. The van der Waals surface area contributed by atoms with Gasteiger partial charge < -0.3 is 20.3 Å². The number of nitrogens with one attached hydrogen (secondary N) is 2. The fraction of sp³-hybridized carbons (Fsp3) is 0.429. The first-order chi connectivity index (χ1) is 13.5. The molecule has 2 N–H and O–H groups in total. The van der Waals surface area contributed by atoms with Crippen LogP contribution in [0.4, 0.5) is 22.9 Å². The molecule has 1 heterocycles. The number of halogens is 1. The van der Waals surface area contributed by atoms with E-state index in [-0.39, 0.29) is 12.1 Å². The number of amides is 1. The topological polar surface area (TPSA) is 66.5 Å².